The van der Waals surface area contributed by atoms with Crippen LogP contribution in [0.4, 0.5) is 11.4 Å². The zero-order chi connectivity index (χ0) is 24.1. The molecular weight excluding hydrogens is 430 g/mol. The summed E-state index contributed by atoms with van der Waals surface area (Å²) in [4.78, 5) is 42.2. The third kappa shape index (κ3) is 5.73. The van der Waals surface area contributed by atoms with Crippen LogP contribution in [0.2, 0.25) is 0 Å². The average molecular weight is 470 g/mol. The number of unbranched alkanes of at least 4 members (excludes halogenated alkanes) is 1. The van der Waals surface area contributed by atoms with Crippen molar-refractivity contribution in [2.75, 3.05) is 29.9 Å². The summed E-state index contributed by atoms with van der Waals surface area (Å²) in [5, 5.41) is 3.06. The second kappa shape index (κ2) is 11.2. The van der Waals surface area contributed by atoms with Crippen molar-refractivity contribution in [1.29, 1.82) is 0 Å². The molecule has 1 aromatic carbocycles. The number of carbonyl (C=O) groups excluding carboxylic acids is 3. The van der Waals surface area contributed by atoms with E-state index in [1.54, 1.807) is 19.1 Å². The van der Waals surface area contributed by atoms with Gasteiger partial charge in [0.1, 0.15) is 12.3 Å². The van der Waals surface area contributed by atoms with Crippen molar-refractivity contribution in [2.24, 2.45) is 11.8 Å². The van der Waals surface area contributed by atoms with Crippen LogP contribution in [-0.4, -0.2) is 48.4 Å². The van der Waals surface area contributed by atoms with Crippen LogP contribution in [0.1, 0.15) is 78.1 Å². The van der Waals surface area contributed by atoms with Crippen molar-refractivity contribution in [3.05, 3.63) is 18.2 Å². The minimum atomic E-state index is -0.648. The molecule has 2 heterocycles. The molecule has 0 radical (unpaired) electrons. The monoisotopic (exact) mass is 469 g/mol. The van der Waals surface area contributed by atoms with Crippen LogP contribution in [0, 0.1) is 11.8 Å². The molecule has 1 aromatic rings. The lowest BCUT2D eigenvalue weighted by Crippen LogP contribution is -2.50. The number of fused-ring (bicyclic) bond motifs is 1. The van der Waals surface area contributed by atoms with E-state index in [1.807, 2.05) is 11.0 Å². The number of rotatable bonds is 7. The Labute approximate surface area is 203 Å². The van der Waals surface area contributed by atoms with Gasteiger partial charge in [0.2, 0.25) is 11.8 Å². The SMILES string of the molecule is CCCCC1CCC(C(=O)Nc2ccc3c(c2)N(CC(=O)N2CCCCC2)C(=O)C(C)O3)CC1. The summed E-state index contributed by atoms with van der Waals surface area (Å²) in [6.45, 7) is 5.42. The van der Waals surface area contributed by atoms with Crippen LogP contribution in [-0.2, 0) is 14.4 Å². The second-order valence-corrected chi connectivity index (χ2v) is 10.2. The summed E-state index contributed by atoms with van der Waals surface area (Å²) in [5.41, 5.74) is 1.19. The van der Waals surface area contributed by atoms with Crippen LogP contribution in [0.3, 0.4) is 0 Å². The van der Waals surface area contributed by atoms with E-state index in [0.29, 0.717) is 17.1 Å². The van der Waals surface area contributed by atoms with Crippen molar-refractivity contribution >= 4 is 29.1 Å². The maximum atomic E-state index is 13.0. The topological polar surface area (TPSA) is 79.0 Å². The fourth-order valence-corrected chi connectivity index (χ4v) is 5.48. The normalized spacial score (nSPS) is 24.9. The fraction of sp³-hybridized carbons (Fsp3) is 0.667. The molecule has 1 unspecified atom stereocenters. The maximum Gasteiger partial charge on any atom is 0.268 e. The molecule has 1 saturated carbocycles. The largest absolute Gasteiger partial charge is 0.479 e. The number of hydrogen-bond acceptors (Lipinski definition) is 4. The number of anilines is 2. The molecule has 2 fully saturated rings. The minimum Gasteiger partial charge on any atom is -0.479 e. The number of nitrogens with one attached hydrogen (secondary N) is 1. The van der Waals surface area contributed by atoms with Crippen LogP contribution in [0.15, 0.2) is 18.2 Å². The molecular formula is C27H39N3O4. The van der Waals surface area contributed by atoms with Gasteiger partial charge >= 0.3 is 0 Å². The molecule has 3 amide bonds. The van der Waals surface area contributed by atoms with Gasteiger partial charge in [-0.1, -0.05) is 26.2 Å². The van der Waals surface area contributed by atoms with E-state index in [2.05, 4.69) is 12.2 Å². The Morgan fingerprint density at radius 1 is 1.09 bits per heavy atom. The first kappa shape index (κ1) is 24.6. The average Bonchev–Trinajstić information content (AvgIpc) is 2.86. The predicted octanol–water partition coefficient (Wildman–Crippen LogP) is 4.75. The molecule has 0 spiro atoms. The Morgan fingerprint density at radius 2 is 1.82 bits per heavy atom. The van der Waals surface area contributed by atoms with E-state index in [4.69, 9.17) is 4.74 Å². The van der Waals surface area contributed by atoms with Gasteiger partial charge in [-0.15, -0.1) is 0 Å². The Hall–Kier alpha value is -2.57. The van der Waals surface area contributed by atoms with E-state index in [1.165, 1.54) is 24.2 Å². The van der Waals surface area contributed by atoms with Gasteiger partial charge < -0.3 is 15.0 Å². The lowest BCUT2D eigenvalue weighted by Gasteiger charge is -2.35. The molecule has 186 valence electrons. The van der Waals surface area contributed by atoms with E-state index < -0.39 is 6.10 Å². The van der Waals surface area contributed by atoms with Crippen molar-refractivity contribution in [3.63, 3.8) is 0 Å². The smallest absolute Gasteiger partial charge is 0.268 e. The molecule has 1 atom stereocenters. The van der Waals surface area contributed by atoms with E-state index in [9.17, 15) is 14.4 Å². The Bertz CT molecular complexity index is 888. The molecule has 1 saturated heterocycles. The molecule has 34 heavy (non-hydrogen) atoms. The Morgan fingerprint density at radius 3 is 2.53 bits per heavy atom. The van der Waals surface area contributed by atoms with Crippen LogP contribution in [0.25, 0.3) is 0 Å². The number of nitrogens with zero attached hydrogens (tertiary/aromatic N) is 2. The summed E-state index contributed by atoms with van der Waals surface area (Å²) < 4.78 is 5.79. The summed E-state index contributed by atoms with van der Waals surface area (Å²) in [7, 11) is 0. The van der Waals surface area contributed by atoms with Crippen molar-refractivity contribution in [2.45, 2.75) is 84.2 Å². The van der Waals surface area contributed by atoms with Gasteiger partial charge in [0, 0.05) is 24.7 Å². The summed E-state index contributed by atoms with van der Waals surface area (Å²) in [6, 6.07) is 5.37. The highest BCUT2D eigenvalue weighted by molar-refractivity contribution is 6.04. The number of hydrogen-bond donors (Lipinski definition) is 1. The van der Waals surface area contributed by atoms with Gasteiger partial charge in [0.05, 0.1) is 5.69 Å². The number of benzene rings is 1. The maximum absolute atomic E-state index is 13.0. The molecule has 2 aliphatic heterocycles. The van der Waals surface area contributed by atoms with E-state index in [0.717, 1.165) is 64.0 Å². The van der Waals surface area contributed by atoms with Gasteiger partial charge in [-0.25, -0.2) is 0 Å². The summed E-state index contributed by atoms with van der Waals surface area (Å²) >= 11 is 0. The molecule has 0 bridgehead atoms. The molecule has 1 aliphatic carbocycles. The predicted molar refractivity (Wildman–Crippen MR) is 133 cm³/mol. The highest BCUT2D eigenvalue weighted by Gasteiger charge is 2.34. The number of ether oxygens (including phenoxy) is 1. The van der Waals surface area contributed by atoms with E-state index in [-0.39, 0.29) is 30.2 Å². The molecule has 3 aliphatic rings. The lowest BCUT2D eigenvalue weighted by molar-refractivity contribution is -0.133. The van der Waals surface area contributed by atoms with Crippen LogP contribution >= 0.6 is 0 Å². The number of likely N-dealkylation sites (tertiary alicyclic amines) is 1. The zero-order valence-corrected chi connectivity index (χ0v) is 20.7. The summed E-state index contributed by atoms with van der Waals surface area (Å²) in [5.74, 6) is 1.12. The van der Waals surface area contributed by atoms with Gasteiger partial charge in [-0.2, -0.15) is 0 Å². The Balaban J connectivity index is 1.42. The second-order valence-electron chi connectivity index (χ2n) is 10.2. The van der Waals surface area contributed by atoms with Gasteiger partial charge in [0.25, 0.3) is 5.91 Å². The van der Waals surface area contributed by atoms with Gasteiger partial charge in [0.15, 0.2) is 6.10 Å². The van der Waals surface area contributed by atoms with Crippen molar-refractivity contribution in [1.82, 2.24) is 4.90 Å². The van der Waals surface area contributed by atoms with Crippen molar-refractivity contribution in [3.8, 4) is 5.75 Å². The first-order valence-corrected chi connectivity index (χ1v) is 13.2. The fourth-order valence-electron chi connectivity index (χ4n) is 5.48. The van der Waals surface area contributed by atoms with Gasteiger partial charge in [-0.3, -0.25) is 19.3 Å². The number of amides is 3. The molecule has 0 aromatic heterocycles. The van der Waals surface area contributed by atoms with Gasteiger partial charge in [-0.05, 0) is 76.0 Å². The minimum absolute atomic E-state index is 0.00128. The third-order valence-corrected chi connectivity index (χ3v) is 7.62. The molecule has 4 rings (SSSR count). The third-order valence-electron chi connectivity index (χ3n) is 7.62. The molecule has 1 N–H and O–H groups in total. The highest BCUT2D eigenvalue weighted by Crippen LogP contribution is 2.37. The van der Waals surface area contributed by atoms with Crippen LogP contribution in [0.5, 0.6) is 5.75 Å². The van der Waals surface area contributed by atoms with E-state index >= 15 is 0 Å². The van der Waals surface area contributed by atoms with Crippen molar-refractivity contribution < 1.29 is 19.1 Å². The molecule has 7 heteroatoms. The quantitative estimate of drug-likeness (QED) is 0.625. The highest BCUT2D eigenvalue weighted by atomic mass is 16.5. The first-order valence-electron chi connectivity index (χ1n) is 13.2. The zero-order valence-electron chi connectivity index (χ0n) is 20.7. The number of piperidine rings is 1. The summed E-state index contributed by atoms with van der Waals surface area (Å²) in [6.07, 6.45) is 10.4. The Kier molecular flexibility index (Phi) is 8.11. The molecule has 7 nitrogen and oxygen atoms in total. The lowest BCUT2D eigenvalue weighted by atomic mass is 9.79. The number of carbonyl (C=O) groups is 3. The first-order chi connectivity index (χ1) is 16.5. The van der Waals surface area contributed by atoms with Crippen LogP contribution < -0.4 is 15.0 Å². The standard InChI is InChI=1S/C27H39N3O4/c1-3-4-8-20-9-11-21(12-10-20)26(32)28-22-13-14-24-23(17-22)30(27(33)19(2)34-24)18-25(31)29-15-6-5-7-16-29/h13-14,17,19-21H,3-12,15-16,18H2,1-2H3,(H,28,32).